The highest BCUT2D eigenvalue weighted by atomic mass is 14.4. The summed E-state index contributed by atoms with van der Waals surface area (Å²) in [5.41, 5.74) is -4.96. The van der Waals surface area contributed by atoms with Gasteiger partial charge in [0.05, 0.1) is 44.6 Å². The molecule has 0 aromatic rings. The Labute approximate surface area is 136 Å². The van der Waals surface area contributed by atoms with Crippen LogP contribution in [0, 0.1) is 90.6 Å². The second-order valence-corrected chi connectivity index (χ2v) is 3.89. The maximum absolute atomic E-state index is 9.25. The normalized spacial score (nSPS) is 25.7. The van der Waals surface area contributed by atoms with E-state index < -0.39 is 44.6 Å². The van der Waals surface area contributed by atoms with Crippen molar-refractivity contribution in [3.63, 3.8) is 0 Å². The van der Waals surface area contributed by atoms with E-state index in [2.05, 4.69) is 0 Å². The van der Waals surface area contributed by atoms with E-state index in [1.807, 2.05) is 0 Å². The van der Waals surface area contributed by atoms with E-state index in [4.69, 9.17) is 0 Å². The number of nitriles is 8. The maximum Gasteiger partial charge on any atom is 0.102 e. The van der Waals surface area contributed by atoms with Crippen LogP contribution in [0.5, 0.6) is 0 Å². The van der Waals surface area contributed by atoms with Crippen molar-refractivity contribution in [2.24, 2.45) is 0 Å². The summed E-state index contributed by atoms with van der Waals surface area (Å²) >= 11 is 0. The van der Waals surface area contributed by atoms with Gasteiger partial charge in [0.1, 0.15) is 48.6 Å². The first-order valence-corrected chi connectivity index (χ1v) is 5.79. The van der Waals surface area contributed by atoms with Gasteiger partial charge in [0.15, 0.2) is 0 Å². The first-order chi connectivity index (χ1) is 11.6. The molecule has 0 atom stereocenters. The predicted octanol–water partition coefficient (Wildman–Crippen LogP) is 1.38. The van der Waals surface area contributed by atoms with Crippen LogP contribution < -0.4 is 0 Å². The van der Waals surface area contributed by atoms with Crippen molar-refractivity contribution < 1.29 is 0 Å². The Hall–Kier alpha value is -5.12. The molecule has 8 nitrogen and oxygen atoms in total. The Kier molecular flexibility index (Phi) is 4.97. The Morgan fingerprint density at radius 1 is 0.250 bits per heavy atom. The summed E-state index contributed by atoms with van der Waals surface area (Å²) in [5, 5.41) is 74.0. The molecule has 1 aliphatic rings. The van der Waals surface area contributed by atoms with Gasteiger partial charge >= 0.3 is 0 Å². The van der Waals surface area contributed by atoms with E-state index in [1.54, 1.807) is 48.6 Å². The largest absolute Gasteiger partial charge is 0.192 e. The fourth-order valence-electron chi connectivity index (χ4n) is 1.89. The van der Waals surface area contributed by atoms with E-state index in [-0.39, 0.29) is 0 Å². The molecule has 0 aliphatic heterocycles. The van der Waals surface area contributed by atoms with Crippen LogP contribution in [0.4, 0.5) is 0 Å². The van der Waals surface area contributed by atoms with Gasteiger partial charge in [-0.1, -0.05) is 0 Å². The predicted molar refractivity (Wildman–Crippen MR) is 73.0 cm³/mol. The van der Waals surface area contributed by atoms with E-state index in [0.29, 0.717) is 0 Å². The number of hydrogen-bond donors (Lipinski definition) is 0. The van der Waals surface area contributed by atoms with E-state index in [1.165, 1.54) is 0 Å². The second kappa shape index (κ2) is 7.05. The lowest BCUT2D eigenvalue weighted by molar-refractivity contribution is 1.27. The smallest absolute Gasteiger partial charge is 0.102 e. The summed E-state index contributed by atoms with van der Waals surface area (Å²) < 4.78 is 0. The van der Waals surface area contributed by atoms with Crippen LogP contribution in [0.15, 0.2) is 44.6 Å². The first kappa shape index (κ1) is 16.9. The number of nitrogens with zero attached hydrogens (tertiary/aromatic N) is 8. The molecular formula is C16N8. The molecule has 0 fully saturated rings. The van der Waals surface area contributed by atoms with Crippen LogP contribution in [0.25, 0.3) is 0 Å². The van der Waals surface area contributed by atoms with Crippen molar-refractivity contribution in [3.05, 3.63) is 44.6 Å². The minimum atomic E-state index is -0.620. The average Bonchev–Trinajstić information content (AvgIpc) is 2.61. The van der Waals surface area contributed by atoms with Gasteiger partial charge in [-0.15, -0.1) is 0 Å². The lowest BCUT2D eigenvalue weighted by Gasteiger charge is -2.11. The SMILES string of the molecule is N#CC1=C(C#N)/C(C#N)=C(C#N)\C(C#N)=C(C#N)/C(C#N)=C\1C#N. The lowest BCUT2D eigenvalue weighted by atomic mass is 9.83. The zero-order chi connectivity index (χ0) is 18.3. The van der Waals surface area contributed by atoms with Crippen molar-refractivity contribution in [1.82, 2.24) is 0 Å². The third kappa shape index (κ3) is 2.32. The zero-order valence-corrected chi connectivity index (χ0v) is 11.6. The minimum absolute atomic E-state index is 0.620. The molecule has 104 valence electrons. The number of allylic oxidation sites excluding steroid dienone is 8. The standard InChI is InChI=1S/C16N8/c17-1-9-10(2-18)12(4-20)14(6-22)16(8-24)15(7-23)13(5-21)11(9)3-19/b10-9-,11-9?,12-10?,13-11-,14-12-,15-13?,16-14?,16-15-. The molecule has 0 amide bonds. The fraction of sp³-hybridized carbons (Fsp3) is 0. The number of rotatable bonds is 0. The van der Waals surface area contributed by atoms with Gasteiger partial charge in [0.25, 0.3) is 0 Å². The van der Waals surface area contributed by atoms with Crippen molar-refractivity contribution in [2.75, 3.05) is 0 Å². The number of hydrogen-bond acceptors (Lipinski definition) is 8. The molecular weight excluding hydrogens is 304 g/mol. The van der Waals surface area contributed by atoms with Crippen LogP contribution in [0.3, 0.4) is 0 Å². The molecule has 1 rings (SSSR count). The molecule has 0 unspecified atom stereocenters. The summed E-state index contributed by atoms with van der Waals surface area (Å²) in [6.07, 6.45) is 0. The fourth-order valence-corrected chi connectivity index (χ4v) is 1.89. The third-order valence-corrected chi connectivity index (χ3v) is 2.89. The maximum atomic E-state index is 9.25. The summed E-state index contributed by atoms with van der Waals surface area (Å²) in [7, 11) is 0. The molecule has 0 N–H and O–H groups in total. The lowest BCUT2D eigenvalue weighted by Crippen LogP contribution is -2.07. The van der Waals surface area contributed by atoms with E-state index in [0.717, 1.165) is 0 Å². The molecule has 0 aromatic carbocycles. The molecule has 0 saturated carbocycles. The van der Waals surface area contributed by atoms with Crippen LogP contribution in [0.1, 0.15) is 0 Å². The van der Waals surface area contributed by atoms with Crippen LogP contribution in [-0.4, -0.2) is 0 Å². The van der Waals surface area contributed by atoms with Gasteiger partial charge in [0.2, 0.25) is 0 Å². The second-order valence-electron chi connectivity index (χ2n) is 3.89. The summed E-state index contributed by atoms with van der Waals surface area (Å²) in [5.74, 6) is 0. The third-order valence-electron chi connectivity index (χ3n) is 2.89. The molecule has 0 heterocycles. The summed E-state index contributed by atoms with van der Waals surface area (Å²) in [6, 6.07) is 12.3. The van der Waals surface area contributed by atoms with Gasteiger partial charge in [-0.05, 0) is 0 Å². The minimum Gasteiger partial charge on any atom is -0.192 e. The first-order valence-electron chi connectivity index (χ1n) is 5.79. The van der Waals surface area contributed by atoms with Crippen LogP contribution in [-0.2, 0) is 0 Å². The van der Waals surface area contributed by atoms with Gasteiger partial charge < -0.3 is 0 Å². The summed E-state index contributed by atoms with van der Waals surface area (Å²) in [4.78, 5) is 0. The molecule has 0 aromatic heterocycles. The zero-order valence-electron chi connectivity index (χ0n) is 11.6. The highest BCUT2D eigenvalue weighted by Crippen LogP contribution is 2.33. The molecule has 1 aliphatic carbocycles. The Morgan fingerprint density at radius 3 is 0.375 bits per heavy atom. The topological polar surface area (TPSA) is 190 Å². The van der Waals surface area contributed by atoms with Crippen LogP contribution in [0.2, 0.25) is 0 Å². The molecule has 0 bridgehead atoms. The monoisotopic (exact) mass is 304 g/mol. The van der Waals surface area contributed by atoms with Crippen molar-refractivity contribution in [1.29, 1.82) is 42.1 Å². The van der Waals surface area contributed by atoms with Crippen molar-refractivity contribution in [2.45, 2.75) is 0 Å². The van der Waals surface area contributed by atoms with Crippen molar-refractivity contribution >= 4 is 0 Å². The highest BCUT2D eigenvalue weighted by molar-refractivity contribution is 5.79. The Morgan fingerprint density at radius 2 is 0.333 bits per heavy atom. The van der Waals surface area contributed by atoms with Gasteiger partial charge in [-0.3, -0.25) is 0 Å². The van der Waals surface area contributed by atoms with E-state index >= 15 is 0 Å². The highest BCUT2D eigenvalue weighted by Gasteiger charge is 2.30. The van der Waals surface area contributed by atoms with E-state index in [9.17, 15) is 42.1 Å². The van der Waals surface area contributed by atoms with Gasteiger partial charge in [-0.25, -0.2) is 0 Å². The summed E-state index contributed by atoms with van der Waals surface area (Å²) in [6.45, 7) is 0. The molecule has 8 heteroatoms. The Balaban J connectivity index is 4.49. The Bertz CT molecular complexity index is 820. The average molecular weight is 304 g/mol. The molecule has 0 saturated heterocycles. The van der Waals surface area contributed by atoms with Gasteiger partial charge in [-0.2, -0.15) is 42.1 Å². The quantitative estimate of drug-likeness (QED) is 0.640. The molecule has 0 radical (unpaired) electrons. The van der Waals surface area contributed by atoms with Crippen LogP contribution >= 0.6 is 0 Å². The molecule has 24 heavy (non-hydrogen) atoms. The van der Waals surface area contributed by atoms with Crippen molar-refractivity contribution in [3.8, 4) is 48.6 Å². The van der Waals surface area contributed by atoms with Gasteiger partial charge in [0, 0.05) is 0 Å². The molecule has 0 spiro atoms.